The van der Waals surface area contributed by atoms with Gasteiger partial charge in [0, 0.05) is 17.8 Å². The van der Waals surface area contributed by atoms with Crippen LogP contribution in [0.25, 0.3) is 0 Å². The number of sulfonamides is 1. The average molecular weight is 484 g/mol. The number of nitro benzene ring substituents is 1. The number of anilines is 2. The molecule has 0 atom stereocenters. The summed E-state index contributed by atoms with van der Waals surface area (Å²) < 4.78 is 26.1. The van der Waals surface area contributed by atoms with E-state index in [9.17, 15) is 23.3 Å². The molecule has 4 saturated carbocycles. The Balaban J connectivity index is 1.33. The lowest BCUT2D eigenvalue weighted by Gasteiger charge is -2.57. The smallest absolute Gasteiger partial charge is 0.271 e. The van der Waals surface area contributed by atoms with E-state index in [1.807, 2.05) is 12.1 Å². The molecule has 0 aliphatic heterocycles. The topological polar surface area (TPSA) is 110 Å². The molecule has 4 aliphatic rings. The molecule has 4 aliphatic carbocycles. The Morgan fingerprint density at radius 2 is 1.65 bits per heavy atom. The molecule has 1 N–H and O–H groups in total. The summed E-state index contributed by atoms with van der Waals surface area (Å²) in [5, 5.41) is 13.5. The second-order valence-corrected chi connectivity index (χ2v) is 12.3. The summed E-state index contributed by atoms with van der Waals surface area (Å²) in [6, 6.07) is 13.2. The van der Waals surface area contributed by atoms with Crippen molar-refractivity contribution in [3.8, 4) is 0 Å². The molecule has 2 aromatic rings. The first-order chi connectivity index (χ1) is 16.1. The Morgan fingerprint density at radius 1 is 1.06 bits per heavy atom. The molecule has 6 rings (SSSR count). The fourth-order valence-corrected chi connectivity index (χ4v) is 7.73. The lowest BCUT2D eigenvalue weighted by Crippen LogP contribution is -2.48. The number of hydrogen-bond donors (Lipinski definition) is 1. The summed E-state index contributed by atoms with van der Waals surface area (Å²) in [5.74, 6) is 1.87. The molecule has 0 aromatic heterocycles. The zero-order valence-electron chi connectivity index (χ0n) is 19.1. The van der Waals surface area contributed by atoms with Gasteiger partial charge in [-0.1, -0.05) is 18.2 Å². The number of nitrogens with one attached hydrogen (secondary N) is 1. The fraction of sp³-hybridized carbons (Fsp3) is 0.480. The molecule has 9 heteroatoms. The molecule has 180 valence electrons. The molecular weight excluding hydrogens is 454 g/mol. The Labute approximate surface area is 199 Å². The molecule has 0 saturated heterocycles. The lowest BCUT2D eigenvalue weighted by molar-refractivity contribution is -0.384. The summed E-state index contributed by atoms with van der Waals surface area (Å²) in [6.45, 7) is -0.418. The minimum atomic E-state index is -3.72. The summed E-state index contributed by atoms with van der Waals surface area (Å²) in [5.41, 5.74) is 2.01. The van der Waals surface area contributed by atoms with Gasteiger partial charge in [0.25, 0.3) is 5.69 Å². The molecule has 4 bridgehead atoms. The van der Waals surface area contributed by atoms with Crippen LogP contribution in [0.1, 0.15) is 44.1 Å². The number of nitrogens with zero attached hydrogens (tertiary/aromatic N) is 2. The zero-order chi connectivity index (χ0) is 24.1. The third kappa shape index (κ3) is 4.41. The van der Waals surface area contributed by atoms with E-state index >= 15 is 0 Å². The largest absolute Gasteiger partial charge is 0.324 e. The quantitative estimate of drug-likeness (QED) is 0.462. The number of hydrogen-bond acceptors (Lipinski definition) is 5. The van der Waals surface area contributed by atoms with Gasteiger partial charge in [-0.25, -0.2) is 8.42 Å². The third-order valence-electron chi connectivity index (χ3n) is 7.83. The van der Waals surface area contributed by atoms with Crippen LogP contribution in [0.4, 0.5) is 17.1 Å². The number of carbonyl (C=O) groups is 1. The van der Waals surface area contributed by atoms with Crippen LogP contribution in [-0.2, 0) is 20.2 Å². The molecule has 0 heterocycles. The van der Waals surface area contributed by atoms with Crippen molar-refractivity contribution >= 4 is 33.0 Å². The van der Waals surface area contributed by atoms with Gasteiger partial charge < -0.3 is 5.32 Å². The highest BCUT2D eigenvalue weighted by atomic mass is 32.2. The Hall–Kier alpha value is -2.94. The number of non-ortho nitro benzene ring substituents is 1. The first kappa shape index (κ1) is 22.8. The van der Waals surface area contributed by atoms with Crippen molar-refractivity contribution < 1.29 is 18.1 Å². The molecule has 0 radical (unpaired) electrons. The molecule has 0 unspecified atom stereocenters. The maximum atomic E-state index is 12.6. The number of nitro groups is 1. The van der Waals surface area contributed by atoms with Crippen molar-refractivity contribution in [2.45, 2.75) is 43.9 Å². The van der Waals surface area contributed by atoms with Gasteiger partial charge in [-0.2, -0.15) is 0 Å². The van der Waals surface area contributed by atoms with Gasteiger partial charge >= 0.3 is 0 Å². The van der Waals surface area contributed by atoms with Gasteiger partial charge in [-0.15, -0.1) is 0 Å². The van der Waals surface area contributed by atoms with Crippen LogP contribution in [0.3, 0.4) is 0 Å². The number of rotatable bonds is 7. The average Bonchev–Trinajstić information content (AvgIpc) is 2.76. The van der Waals surface area contributed by atoms with Gasteiger partial charge in [0.15, 0.2) is 0 Å². The normalized spacial score (nSPS) is 27.4. The zero-order valence-corrected chi connectivity index (χ0v) is 20.0. The number of amides is 1. The van der Waals surface area contributed by atoms with Crippen LogP contribution in [-0.4, -0.2) is 32.0 Å². The molecule has 0 spiro atoms. The van der Waals surface area contributed by atoms with Gasteiger partial charge in [0.05, 0.1) is 16.9 Å². The Bertz CT molecular complexity index is 1190. The predicted octanol–water partition coefficient (Wildman–Crippen LogP) is 4.47. The summed E-state index contributed by atoms with van der Waals surface area (Å²) >= 11 is 0. The monoisotopic (exact) mass is 483 g/mol. The van der Waals surface area contributed by atoms with Crippen LogP contribution >= 0.6 is 0 Å². The van der Waals surface area contributed by atoms with Crippen molar-refractivity contribution in [3.63, 3.8) is 0 Å². The summed E-state index contributed by atoms with van der Waals surface area (Å²) in [6.07, 6.45) is 8.82. The van der Waals surface area contributed by atoms with Crippen LogP contribution in [0, 0.1) is 27.9 Å². The van der Waals surface area contributed by atoms with Crippen LogP contribution in [0.2, 0.25) is 0 Å². The maximum Gasteiger partial charge on any atom is 0.271 e. The molecule has 2 aromatic carbocycles. The van der Waals surface area contributed by atoms with E-state index in [0.29, 0.717) is 5.69 Å². The molecule has 4 fully saturated rings. The van der Waals surface area contributed by atoms with Crippen molar-refractivity contribution in [3.05, 3.63) is 64.2 Å². The van der Waals surface area contributed by atoms with E-state index < -0.39 is 27.4 Å². The highest BCUT2D eigenvalue weighted by Crippen LogP contribution is 2.60. The van der Waals surface area contributed by atoms with Gasteiger partial charge in [-0.3, -0.25) is 19.2 Å². The Morgan fingerprint density at radius 3 is 2.18 bits per heavy atom. The summed E-state index contributed by atoms with van der Waals surface area (Å²) in [4.78, 5) is 23.0. The molecular formula is C25H29N3O5S. The second kappa shape index (κ2) is 8.37. The minimum Gasteiger partial charge on any atom is -0.324 e. The van der Waals surface area contributed by atoms with E-state index in [-0.39, 0.29) is 16.8 Å². The SMILES string of the molecule is CS(=O)(=O)N(CC(=O)Nc1cccc([N+](=O)[O-])c1)c1ccc(C23CC4CC(CC(C4)C2)C3)cc1. The van der Waals surface area contributed by atoms with Gasteiger partial charge in [0.1, 0.15) is 6.54 Å². The van der Waals surface area contributed by atoms with Crippen molar-refractivity contribution in [2.24, 2.45) is 17.8 Å². The maximum absolute atomic E-state index is 12.6. The van der Waals surface area contributed by atoms with E-state index in [1.165, 1.54) is 68.4 Å². The first-order valence-corrected chi connectivity index (χ1v) is 13.6. The van der Waals surface area contributed by atoms with E-state index in [2.05, 4.69) is 5.32 Å². The fourth-order valence-electron chi connectivity index (χ4n) is 6.87. The number of benzene rings is 2. The van der Waals surface area contributed by atoms with Crippen molar-refractivity contribution in [1.82, 2.24) is 0 Å². The van der Waals surface area contributed by atoms with Gasteiger partial charge in [-0.05, 0) is 85.5 Å². The first-order valence-electron chi connectivity index (χ1n) is 11.7. The lowest BCUT2D eigenvalue weighted by atomic mass is 9.48. The highest BCUT2D eigenvalue weighted by Gasteiger charge is 2.51. The third-order valence-corrected chi connectivity index (χ3v) is 8.97. The van der Waals surface area contributed by atoms with Crippen molar-refractivity contribution in [2.75, 3.05) is 22.4 Å². The van der Waals surface area contributed by atoms with Crippen LogP contribution in [0.5, 0.6) is 0 Å². The van der Waals surface area contributed by atoms with Crippen LogP contribution < -0.4 is 9.62 Å². The predicted molar refractivity (Wildman–Crippen MR) is 130 cm³/mol. The van der Waals surface area contributed by atoms with Gasteiger partial charge in [0.2, 0.25) is 15.9 Å². The van der Waals surface area contributed by atoms with E-state index in [4.69, 9.17) is 0 Å². The van der Waals surface area contributed by atoms with Crippen molar-refractivity contribution in [1.29, 1.82) is 0 Å². The molecule has 1 amide bonds. The van der Waals surface area contributed by atoms with Crippen LogP contribution in [0.15, 0.2) is 48.5 Å². The minimum absolute atomic E-state index is 0.155. The standard InChI is InChI=1S/C25H29N3O5S/c1-34(32,33)27(16-24(29)26-21-3-2-4-23(12-21)28(30)31)22-7-5-20(6-8-22)25-13-17-9-18(14-25)11-19(10-17)15-25/h2-8,12,17-19H,9-11,13-16H2,1H3,(H,26,29). The molecule has 8 nitrogen and oxygen atoms in total. The molecule has 34 heavy (non-hydrogen) atoms. The Kier molecular flexibility index (Phi) is 5.62. The second-order valence-electron chi connectivity index (χ2n) is 10.4. The van der Waals surface area contributed by atoms with E-state index in [0.717, 1.165) is 28.3 Å². The number of carbonyl (C=O) groups excluding carboxylic acids is 1. The summed E-state index contributed by atoms with van der Waals surface area (Å²) in [7, 11) is -3.72. The van der Waals surface area contributed by atoms with E-state index in [1.54, 1.807) is 12.1 Å². The highest BCUT2D eigenvalue weighted by molar-refractivity contribution is 7.92.